The summed E-state index contributed by atoms with van der Waals surface area (Å²) in [6, 6.07) is 16.8. The van der Waals surface area contributed by atoms with Gasteiger partial charge in [0, 0.05) is 11.1 Å². The topological polar surface area (TPSA) is 26.3 Å². The average molecular weight is 273 g/mol. The zero-order valence-corrected chi connectivity index (χ0v) is 11.0. The van der Waals surface area contributed by atoms with Crippen molar-refractivity contribution in [1.82, 2.24) is 0 Å². The first-order valence-electron chi connectivity index (χ1n) is 5.88. The molecule has 0 aromatic heterocycles. The number of ether oxygens (including phenoxy) is 1. The largest absolute Gasteiger partial charge is 0.458 e. The van der Waals surface area contributed by atoms with Crippen molar-refractivity contribution in [1.29, 1.82) is 0 Å². The Balaban J connectivity index is 1.88. The molecule has 96 valence electrons. The first kappa shape index (κ1) is 13.4. The highest BCUT2D eigenvalue weighted by atomic mass is 35.5. The molecule has 0 spiro atoms. The third-order valence-electron chi connectivity index (χ3n) is 2.48. The Hall–Kier alpha value is -2.06. The van der Waals surface area contributed by atoms with E-state index in [4.69, 9.17) is 16.3 Å². The van der Waals surface area contributed by atoms with Crippen LogP contribution < -0.4 is 0 Å². The van der Waals surface area contributed by atoms with Crippen molar-refractivity contribution in [3.8, 4) is 0 Å². The standard InChI is InChI=1S/C16H13ClO2/c17-15-8-4-7-13(11-15)9-10-16(18)19-12-14-5-2-1-3-6-14/h1-11H,12H2. The van der Waals surface area contributed by atoms with Crippen molar-refractivity contribution >= 4 is 23.6 Å². The number of hydrogen-bond donors (Lipinski definition) is 0. The SMILES string of the molecule is O=C(C=Cc1cccc(Cl)c1)OCc1ccccc1. The van der Waals surface area contributed by atoms with Gasteiger partial charge < -0.3 is 4.74 Å². The molecular weight excluding hydrogens is 260 g/mol. The van der Waals surface area contributed by atoms with E-state index in [1.54, 1.807) is 18.2 Å². The van der Waals surface area contributed by atoms with Crippen LogP contribution >= 0.6 is 11.6 Å². The number of hydrogen-bond acceptors (Lipinski definition) is 2. The second-order valence-corrected chi connectivity index (χ2v) is 4.42. The van der Waals surface area contributed by atoms with Crippen molar-refractivity contribution in [2.45, 2.75) is 6.61 Å². The molecule has 0 saturated heterocycles. The second kappa shape index (κ2) is 6.76. The number of carbonyl (C=O) groups excluding carboxylic acids is 1. The molecule has 19 heavy (non-hydrogen) atoms. The summed E-state index contributed by atoms with van der Waals surface area (Å²) < 4.78 is 5.12. The van der Waals surface area contributed by atoms with Crippen molar-refractivity contribution in [2.75, 3.05) is 0 Å². The van der Waals surface area contributed by atoms with Gasteiger partial charge in [-0.15, -0.1) is 0 Å². The van der Waals surface area contributed by atoms with Crippen LogP contribution in [0.3, 0.4) is 0 Å². The molecule has 0 saturated carbocycles. The van der Waals surface area contributed by atoms with Crippen LogP contribution in [0.4, 0.5) is 0 Å². The maximum absolute atomic E-state index is 11.5. The fourth-order valence-electron chi connectivity index (χ4n) is 1.55. The monoisotopic (exact) mass is 272 g/mol. The van der Waals surface area contributed by atoms with E-state index >= 15 is 0 Å². The zero-order valence-electron chi connectivity index (χ0n) is 10.3. The summed E-state index contributed by atoms with van der Waals surface area (Å²) in [6.07, 6.45) is 3.08. The molecule has 0 heterocycles. The van der Waals surface area contributed by atoms with Crippen molar-refractivity contribution in [3.05, 3.63) is 76.8 Å². The minimum Gasteiger partial charge on any atom is -0.458 e. The molecule has 2 aromatic carbocycles. The van der Waals surface area contributed by atoms with Crippen LogP contribution in [0.2, 0.25) is 5.02 Å². The number of benzene rings is 2. The number of rotatable bonds is 4. The predicted molar refractivity (Wildman–Crippen MR) is 76.7 cm³/mol. The molecular formula is C16H13ClO2. The molecule has 2 aromatic rings. The van der Waals surface area contributed by atoms with Gasteiger partial charge in [-0.1, -0.05) is 54.1 Å². The predicted octanol–water partition coefficient (Wildman–Crippen LogP) is 4.10. The van der Waals surface area contributed by atoms with E-state index < -0.39 is 0 Å². The van der Waals surface area contributed by atoms with E-state index in [0.717, 1.165) is 11.1 Å². The van der Waals surface area contributed by atoms with Gasteiger partial charge in [-0.05, 0) is 29.3 Å². The van der Waals surface area contributed by atoms with Gasteiger partial charge in [-0.25, -0.2) is 4.79 Å². The van der Waals surface area contributed by atoms with Crippen LogP contribution in [0.5, 0.6) is 0 Å². The maximum atomic E-state index is 11.5. The van der Waals surface area contributed by atoms with Crippen LogP contribution in [-0.2, 0) is 16.1 Å². The van der Waals surface area contributed by atoms with Crippen molar-refractivity contribution < 1.29 is 9.53 Å². The molecule has 0 radical (unpaired) electrons. The summed E-state index contributed by atoms with van der Waals surface area (Å²) in [5.74, 6) is -0.371. The first-order valence-corrected chi connectivity index (χ1v) is 6.26. The lowest BCUT2D eigenvalue weighted by molar-refractivity contribution is -0.138. The Labute approximate surface area is 117 Å². The maximum Gasteiger partial charge on any atom is 0.331 e. The lowest BCUT2D eigenvalue weighted by Gasteiger charge is -2.01. The van der Waals surface area contributed by atoms with Crippen LogP contribution in [0, 0.1) is 0 Å². The molecule has 0 amide bonds. The average Bonchev–Trinajstić information content (AvgIpc) is 2.44. The summed E-state index contributed by atoms with van der Waals surface area (Å²) >= 11 is 5.85. The number of carbonyl (C=O) groups is 1. The molecule has 3 heteroatoms. The van der Waals surface area contributed by atoms with Gasteiger partial charge in [0.2, 0.25) is 0 Å². The van der Waals surface area contributed by atoms with Gasteiger partial charge in [0.25, 0.3) is 0 Å². The van der Waals surface area contributed by atoms with E-state index in [1.807, 2.05) is 42.5 Å². The fraction of sp³-hybridized carbons (Fsp3) is 0.0625. The molecule has 2 nitrogen and oxygen atoms in total. The molecule has 0 atom stereocenters. The van der Waals surface area contributed by atoms with Gasteiger partial charge in [-0.3, -0.25) is 0 Å². The van der Waals surface area contributed by atoms with E-state index in [0.29, 0.717) is 5.02 Å². The Bertz CT molecular complexity index is 576. The van der Waals surface area contributed by atoms with Gasteiger partial charge in [0.1, 0.15) is 6.61 Å². The summed E-state index contributed by atoms with van der Waals surface area (Å²) in [4.78, 5) is 11.5. The Morgan fingerprint density at radius 3 is 2.63 bits per heavy atom. The van der Waals surface area contributed by atoms with Crippen molar-refractivity contribution in [2.24, 2.45) is 0 Å². The van der Waals surface area contributed by atoms with Crippen LogP contribution in [0.25, 0.3) is 6.08 Å². The highest BCUT2D eigenvalue weighted by Crippen LogP contribution is 2.12. The Kier molecular flexibility index (Phi) is 4.76. The van der Waals surface area contributed by atoms with E-state index in [2.05, 4.69) is 0 Å². The molecule has 0 unspecified atom stereocenters. The molecule has 2 rings (SSSR count). The van der Waals surface area contributed by atoms with Gasteiger partial charge in [0.15, 0.2) is 0 Å². The minimum atomic E-state index is -0.371. The molecule has 0 N–H and O–H groups in total. The minimum absolute atomic E-state index is 0.277. The summed E-state index contributed by atoms with van der Waals surface area (Å²) in [5.41, 5.74) is 1.83. The molecule has 0 fully saturated rings. The fourth-order valence-corrected chi connectivity index (χ4v) is 1.75. The summed E-state index contributed by atoms with van der Waals surface area (Å²) in [5, 5.41) is 0.639. The van der Waals surface area contributed by atoms with Crippen LogP contribution in [0.1, 0.15) is 11.1 Å². The van der Waals surface area contributed by atoms with E-state index in [-0.39, 0.29) is 12.6 Å². The number of esters is 1. The molecule has 0 aliphatic rings. The lowest BCUT2D eigenvalue weighted by Crippen LogP contribution is -2.00. The molecule has 0 aliphatic heterocycles. The quantitative estimate of drug-likeness (QED) is 0.619. The van der Waals surface area contributed by atoms with Crippen LogP contribution in [0.15, 0.2) is 60.7 Å². The molecule has 0 aliphatic carbocycles. The van der Waals surface area contributed by atoms with Gasteiger partial charge >= 0.3 is 5.97 Å². The van der Waals surface area contributed by atoms with Crippen LogP contribution in [-0.4, -0.2) is 5.97 Å². The summed E-state index contributed by atoms with van der Waals surface area (Å²) in [6.45, 7) is 0.277. The lowest BCUT2D eigenvalue weighted by atomic mass is 10.2. The third-order valence-corrected chi connectivity index (χ3v) is 2.72. The van der Waals surface area contributed by atoms with E-state index in [1.165, 1.54) is 6.08 Å². The highest BCUT2D eigenvalue weighted by Gasteiger charge is 1.98. The Morgan fingerprint density at radius 2 is 1.89 bits per heavy atom. The zero-order chi connectivity index (χ0) is 13.5. The smallest absolute Gasteiger partial charge is 0.331 e. The number of halogens is 1. The van der Waals surface area contributed by atoms with E-state index in [9.17, 15) is 4.79 Å². The Morgan fingerprint density at radius 1 is 1.11 bits per heavy atom. The molecule has 0 bridgehead atoms. The second-order valence-electron chi connectivity index (χ2n) is 3.98. The summed E-state index contributed by atoms with van der Waals surface area (Å²) in [7, 11) is 0. The third kappa shape index (κ3) is 4.60. The normalized spacial score (nSPS) is 10.6. The van der Waals surface area contributed by atoms with Gasteiger partial charge in [-0.2, -0.15) is 0 Å². The van der Waals surface area contributed by atoms with Gasteiger partial charge in [0.05, 0.1) is 0 Å². The highest BCUT2D eigenvalue weighted by molar-refractivity contribution is 6.30. The van der Waals surface area contributed by atoms with Crippen molar-refractivity contribution in [3.63, 3.8) is 0 Å². The first-order chi connectivity index (χ1) is 9.24.